The van der Waals surface area contributed by atoms with Crippen molar-refractivity contribution in [2.75, 3.05) is 0 Å². The van der Waals surface area contributed by atoms with Gasteiger partial charge in [0.05, 0.1) is 5.39 Å². The van der Waals surface area contributed by atoms with Crippen LogP contribution in [0.5, 0.6) is 0 Å². The third-order valence-corrected chi connectivity index (χ3v) is 3.10. The van der Waals surface area contributed by atoms with Crippen LogP contribution in [0.15, 0.2) is 29.1 Å². The monoisotopic (exact) mass is 318 g/mol. The predicted molar refractivity (Wildman–Crippen MR) is 87.9 cm³/mol. The number of aromatic nitrogens is 3. The normalized spacial score (nSPS) is 16.6. The lowest BCUT2D eigenvalue weighted by atomic mass is 10.1. The maximum absolute atomic E-state index is 12.3. The van der Waals surface area contributed by atoms with E-state index in [-0.39, 0.29) is 24.3 Å². The molecule has 1 aromatic carbocycles. The molecule has 23 heavy (non-hydrogen) atoms. The lowest BCUT2D eigenvalue weighted by Gasteiger charge is -2.21. The number of rotatable bonds is 1. The van der Waals surface area contributed by atoms with Crippen LogP contribution in [0, 0.1) is 0 Å². The molecule has 3 rings (SSSR count). The maximum atomic E-state index is 12.3. The minimum atomic E-state index is -0.776. The van der Waals surface area contributed by atoms with E-state index in [1.165, 1.54) is 0 Å². The largest absolute Gasteiger partial charge is 0.295 e. The minimum absolute atomic E-state index is 0.192. The molecule has 0 aliphatic carbocycles. The minimum Gasteiger partial charge on any atom is -0.295 e. The molecule has 1 aliphatic rings. The van der Waals surface area contributed by atoms with Gasteiger partial charge in [0.25, 0.3) is 11.5 Å². The van der Waals surface area contributed by atoms with Crippen molar-refractivity contribution in [3.8, 4) is 0 Å². The number of nitrogens with zero attached hydrogens (tertiary/aromatic N) is 3. The molecule has 0 radical (unpaired) electrons. The average Bonchev–Trinajstić information content (AvgIpc) is 2.60. The number of benzene rings is 1. The fourth-order valence-electron chi connectivity index (χ4n) is 2.12. The summed E-state index contributed by atoms with van der Waals surface area (Å²) >= 11 is 0. The fraction of sp³-hybridized carbons (Fsp3) is 0.438. The summed E-state index contributed by atoms with van der Waals surface area (Å²) in [4.78, 5) is 35.1. The van der Waals surface area contributed by atoms with E-state index in [9.17, 15) is 14.4 Å². The Morgan fingerprint density at radius 1 is 1.09 bits per heavy atom. The summed E-state index contributed by atoms with van der Waals surface area (Å²) < 4.78 is 1.05. The van der Waals surface area contributed by atoms with Gasteiger partial charge in [-0.1, -0.05) is 45.0 Å². The molecule has 0 bridgehead atoms. The van der Waals surface area contributed by atoms with Gasteiger partial charge in [-0.2, -0.15) is 4.68 Å². The molecule has 1 aromatic heterocycles. The zero-order valence-corrected chi connectivity index (χ0v) is 13.9. The Hall–Kier alpha value is -2.57. The molecule has 1 unspecified atom stereocenters. The first-order valence-electron chi connectivity index (χ1n) is 7.85. The molecular formula is C16H22N4O3. The summed E-state index contributed by atoms with van der Waals surface area (Å²) in [5, 5.41) is 10.3. The van der Waals surface area contributed by atoms with Gasteiger partial charge in [-0.05, 0) is 18.6 Å². The summed E-state index contributed by atoms with van der Waals surface area (Å²) in [7, 11) is 0. The van der Waals surface area contributed by atoms with E-state index < -0.39 is 11.9 Å². The highest BCUT2D eigenvalue weighted by atomic mass is 16.2. The number of piperidine rings is 1. The van der Waals surface area contributed by atoms with Crippen LogP contribution in [0.1, 0.15) is 46.6 Å². The van der Waals surface area contributed by atoms with Crippen LogP contribution in [-0.4, -0.2) is 26.8 Å². The molecule has 124 valence electrons. The van der Waals surface area contributed by atoms with E-state index in [1.54, 1.807) is 24.3 Å². The number of carbonyl (C=O) groups excluding carboxylic acids is 2. The number of nitrogens with one attached hydrogen (secondary N) is 1. The van der Waals surface area contributed by atoms with E-state index in [0.29, 0.717) is 10.9 Å². The molecule has 2 heterocycles. The van der Waals surface area contributed by atoms with Crippen molar-refractivity contribution in [2.45, 2.75) is 46.6 Å². The Labute approximate surface area is 134 Å². The summed E-state index contributed by atoms with van der Waals surface area (Å²) in [5.74, 6) is -0.842. The van der Waals surface area contributed by atoms with Gasteiger partial charge in [-0.25, -0.2) is 0 Å². The van der Waals surface area contributed by atoms with Crippen molar-refractivity contribution in [2.24, 2.45) is 0 Å². The Morgan fingerprint density at radius 2 is 1.74 bits per heavy atom. The Morgan fingerprint density at radius 3 is 2.39 bits per heavy atom. The van der Waals surface area contributed by atoms with Gasteiger partial charge < -0.3 is 0 Å². The number of hydrogen-bond donors (Lipinski definition) is 1. The zero-order chi connectivity index (χ0) is 17.4. The molecule has 0 spiro atoms. The smallest absolute Gasteiger partial charge is 0.278 e. The summed E-state index contributed by atoms with van der Waals surface area (Å²) in [6.45, 7) is 8.00. The van der Waals surface area contributed by atoms with E-state index in [2.05, 4.69) is 15.6 Å². The lowest BCUT2D eigenvalue weighted by Crippen LogP contribution is -2.45. The van der Waals surface area contributed by atoms with Gasteiger partial charge >= 0.3 is 0 Å². The number of hydrogen-bond acceptors (Lipinski definition) is 5. The molecule has 1 aliphatic heterocycles. The number of carbonyl (C=O) groups is 2. The van der Waals surface area contributed by atoms with Crippen LogP contribution < -0.4 is 10.9 Å². The highest BCUT2D eigenvalue weighted by Crippen LogP contribution is 2.16. The third-order valence-electron chi connectivity index (χ3n) is 3.10. The molecule has 7 heteroatoms. The molecule has 1 atom stereocenters. The van der Waals surface area contributed by atoms with E-state index in [4.69, 9.17) is 0 Å². The van der Waals surface area contributed by atoms with Crippen molar-refractivity contribution in [1.29, 1.82) is 0 Å². The molecule has 1 fully saturated rings. The summed E-state index contributed by atoms with van der Waals surface area (Å²) in [6, 6.07) is 6.02. The SMILES string of the molecule is CC.CC.O=C1CCC(n2nnc3ccccc3c2=O)C(=O)N1. The van der Waals surface area contributed by atoms with Crippen LogP contribution in [0.4, 0.5) is 0 Å². The predicted octanol–water partition coefficient (Wildman–Crippen LogP) is 1.82. The van der Waals surface area contributed by atoms with E-state index in [0.717, 1.165) is 4.68 Å². The van der Waals surface area contributed by atoms with Gasteiger partial charge in [0, 0.05) is 6.42 Å². The summed E-state index contributed by atoms with van der Waals surface area (Å²) in [6.07, 6.45) is 0.453. The van der Waals surface area contributed by atoms with Crippen molar-refractivity contribution in [3.63, 3.8) is 0 Å². The van der Waals surface area contributed by atoms with Crippen molar-refractivity contribution < 1.29 is 9.59 Å². The standard InChI is InChI=1S/C12H10N4O3.2C2H6/c17-10-6-5-9(11(18)13-10)16-12(19)7-3-1-2-4-8(7)14-15-16;2*1-2/h1-4,9H,5-6H2,(H,13,17,18);2*1-2H3. The van der Waals surface area contributed by atoms with Crippen LogP contribution in [0.2, 0.25) is 0 Å². The second kappa shape index (κ2) is 8.77. The molecule has 7 nitrogen and oxygen atoms in total. The fourth-order valence-corrected chi connectivity index (χ4v) is 2.12. The quantitative estimate of drug-likeness (QED) is 0.809. The molecular weight excluding hydrogens is 296 g/mol. The number of imide groups is 1. The van der Waals surface area contributed by atoms with Gasteiger partial charge in [0.2, 0.25) is 5.91 Å². The number of fused-ring (bicyclic) bond motifs is 1. The second-order valence-corrected chi connectivity index (χ2v) is 4.32. The average molecular weight is 318 g/mol. The zero-order valence-electron chi connectivity index (χ0n) is 13.9. The Kier molecular flexibility index (Phi) is 7.05. The maximum Gasteiger partial charge on any atom is 0.278 e. The summed E-state index contributed by atoms with van der Waals surface area (Å²) in [5.41, 5.74) is 0.108. The Bertz CT molecular complexity index is 739. The highest BCUT2D eigenvalue weighted by molar-refractivity contribution is 5.99. The lowest BCUT2D eigenvalue weighted by molar-refractivity contribution is -0.136. The van der Waals surface area contributed by atoms with Gasteiger partial charge in [0.1, 0.15) is 11.6 Å². The topological polar surface area (TPSA) is 93.9 Å². The first-order valence-corrected chi connectivity index (χ1v) is 7.85. The molecule has 0 saturated carbocycles. The van der Waals surface area contributed by atoms with Crippen LogP contribution >= 0.6 is 0 Å². The molecule has 2 amide bonds. The van der Waals surface area contributed by atoms with Crippen LogP contribution in [0.3, 0.4) is 0 Å². The van der Waals surface area contributed by atoms with Crippen LogP contribution in [-0.2, 0) is 9.59 Å². The molecule has 2 aromatic rings. The third kappa shape index (κ3) is 4.00. The van der Waals surface area contributed by atoms with Crippen molar-refractivity contribution in [1.82, 2.24) is 20.3 Å². The van der Waals surface area contributed by atoms with Gasteiger partial charge in [-0.15, -0.1) is 5.10 Å². The Balaban J connectivity index is 0.000000615. The first-order chi connectivity index (χ1) is 11.2. The molecule has 1 saturated heterocycles. The molecule has 1 N–H and O–H groups in total. The van der Waals surface area contributed by atoms with Crippen molar-refractivity contribution in [3.05, 3.63) is 34.6 Å². The number of amides is 2. The first kappa shape index (κ1) is 18.5. The van der Waals surface area contributed by atoms with E-state index >= 15 is 0 Å². The highest BCUT2D eigenvalue weighted by Gasteiger charge is 2.30. The van der Waals surface area contributed by atoms with Crippen molar-refractivity contribution >= 4 is 22.7 Å². The second-order valence-electron chi connectivity index (χ2n) is 4.32. The van der Waals surface area contributed by atoms with Gasteiger partial charge in [-0.3, -0.25) is 19.7 Å². The van der Waals surface area contributed by atoms with Gasteiger partial charge in [0.15, 0.2) is 0 Å². The van der Waals surface area contributed by atoms with Crippen LogP contribution in [0.25, 0.3) is 10.9 Å². The van der Waals surface area contributed by atoms with E-state index in [1.807, 2.05) is 27.7 Å².